The maximum Gasteiger partial charge on any atom is 0.251 e. The van der Waals surface area contributed by atoms with Crippen LogP contribution in [0.2, 0.25) is 0 Å². The molecule has 1 aliphatic heterocycles. The zero-order chi connectivity index (χ0) is 20.3. The van der Waals surface area contributed by atoms with Crippen LogP contribution >= 0.6 is 12.2 Å². The van der Waals surface area contributed by atoms with Crippen molar-refractivity contribution in [2.45, 2.75) is 33.1 Å². The molecule has 1 N–H and O–H groups in total. The van der Waals surface area contributed by atoms with E-state index in [1.807, 2.05) is 43.3 Å². The van der Waals surface area contributed by atoms with Gasteiger partial charge in [0.2, 0.25) is 5.91 Å². The van der Waals surface area contributed by atoms with E-state index in [9.17, 15) is 9.59 Å². The van der Waals surface area contributed by atoms with E-state index in [-0.39, 0.29) is 5.11 Å². The first-order chi connectivity index (χ1) is 13.4. The molecule has 0 radical (unpaired) electrons. The molecule has 0 unspecified atom stereocenters. The van der Waals surface area contributed by atoms with Crippen LogP contribution in [0.25, 0.3) is 0 Å². The fourth-order valence-electron chi connectivity index (χ4n) is 2.95. The lowest BCUT2D eigenvalue weighted by Gasteiger charge is -2.30. The Morgan fingerprint density at radius 1 is 1.14 bits per heavy atom. The Morgan fingerprint density at radius 2 is 1.79 bits per heavy atom. The Kier molecular flexibility index (Phi) is 5.99. The van der Waals surface area contributed by atoms with Crippen molar-refractivity contribution in [3.63, 3.8) is 0 Å². The molecule has 1 saturated heterocycles. The molecular weight excluding hydrogens is 370 g/mol. The second-order valence-corrected chi connectivity index (χ2v) is 7.35. The molecule has 28 heavy (non-hydrogen) atoms. The highest BCUT2D eigenvalue weighted by Gasteiger charge is 2.38. The first-order valence-corrected chi connectivity index (χ1v) is 9.71. The van der Waals surface area contributed by atoms with Crippen LogP contribution in [0.1, 0.15) is 37.3 Å². The molecule has 0 aromatic heterocycles. The number of nitrogens with one attached hydrogen (secondary N) is 1. The van der Waals surface area contributed by atoms with Crippen molar-refractivity contribution in [1.29, 1.82) is 0 Å². The molecule has 144 valence electrons. The maximum atomic E-state index is 12.9. The van der Waals surface area contributed by atoms with Crippen LogP contribution in [0, 0.1) is 12.8 Å². The summed E-state index contributed by atoms with van der Waals surface area (Å²) >= 11 is 5.21. The second-order valence-electron chi connectivity index (χ2n) is 6.96. The summed E-state index contributed by atoms with van der Waals surface area (Å²) in [5, 5.41) is 2.68. The van der Waals surface area contributed by atoms with Crippen molar-refractivity contribution < 1.29 is 9.59 Å². The van der Waals surface area contributed by atoms with Gasteiger partial charge in [-0.15, -0.1) is 0 Å². The van der Waals surface area contributed by atoms with E-state index in [1.54, 1.807) is 12.1 Å². The molecule has 5 nitrogen and oxygen atoms in total. The Labute approximate surface area is 170 Å². The molecule has 2 amide bonds. The molecule has 2 aromatic rings. The van der Waals surface area contributed by atoms with Gasteiger partial charge < -0.3 is 5.32 Å². The van der Waals surface area contributed by atoms with Crippen molar-refractivity contribution in [2.75, 3.05) is 4.90 Å². The summed E-state index contributed by atoms with van der Waals surface area (Å²) in [5.41, 5.74) is 3.63. The van der Waals surface area contributed by atoms with E-state index in [1.165, 1.54) is 16.7 Å². The Bertz CT molecular complexity index is 920. The number of rotatable bonds is 5. The molecule has 1 heterocycles. The number of hydrogen-bond donors (Lipinski definition) is 1. The van der Waals surface area contributed by atoms with E-state index in [2.05, 4.69) is 24.2 Å². The van der Waals surface area contributed by atoms with Crippen LogP contribution in [0.4, 0.5) is 11.4 Å². The van der Waals surface area contributed by atoms with Gasteiger partial charge in [-0.2, -0.15) is 0 Å². The van der Waals surface area contributed by atoms with Gasteiger partial charge in [0, 0.05) is 6.21 Å². The number of nitrogens with zero attached hydrogens (tertiary/aromatic N) is 2. The van der Waals surface area contributed by atoms with Crippen LogP contribution in [-0.4, -0.2) is 23.1 Å². The number of carbonyl (C=O) groups is 2. The van der Waals surface area contributed by atoms with Crippen molar-refractivity contribution in [1.82, 2.24) is 5.32 Å². The molecule has 0 saturated carbocycles. The smallest absolute Gasteiger partial charge is 0.251 e. The van der Waals surface area contributed by atoms with Gasteiger partial charge in [0.1, 0.15) is 0 Å². The van der Waals surface area contributed by atoms with Crippen molar-refractivity contribution >= 4 is 46.7 Å². The van der Waals surface area contributed by atoms with Gasteiger partial charge in [0.15, 0.2) is 11.0 Å². The molecule has 1 aliphatic rings. The number of hydrogen-bond acceptors (Lipinski definition) is 4. The SMILES string of the molecule is CC[C@H](C)c1ccc(N=C[C@H]2C(=O)NC(=S)N(c3ccc(C)cc3)C2=O)cc1. The lowest BCUT2D eigenvalue weighted by Crippen LogP contribution is -2.58. The Morgan fingerprint density at radius 3 is 2.39 bits per heavy atom. The standard InChI is InChI=1S/C22H23N3O2S/c1-4-15(3)16-7-9-17(10-8-16)23-13-19-20(26)24-22(28)25(21(19)27)18-11-5-14(2)6-12-18/h5-13,15,19H,4H2,1-3H3,(H,24,26,28)/t15-,19-/m0/s1. The van der Waals surface area contributed by atoms with E-state index < -0.39 is 17.7 Å². The summed E-state index contributed by atoms with van der Waals surface area (Å²) in [4.78, 5) is 30.9. The predicted molar refractivity (Wildman–Crippen MR) is 116 cm³/mol. The molecule has 2 atom stereocenters. The Hall–Kier alpha value is -2.86. The minimum Gasteiger partial charge on any atom is -0.301 e. The average Bonchev–Trinajstić information content (AvgIpc) is 2.69. The molecule has 1 fully saturated rings. The number of amides is 2. The topological polar surface area (TPSA) is 61.8 Å². The Balaban J connectivity index is 1.81. The molecule has 0 spiro atoms. The normalized spacial score (nSPS) is 18.5. The van der Waals surface area contributed by atoms with Gasteiger partial charge in [-0.1, -0.05) is 43.7 Å². The maximum absolute atomic E-state index is 12.9. The number of thiocarbonyl (C=S) groups is 1. The van der Waals surface area contributed by atoms with Crippen molar-refractivity contribution in [3.05, 3.63) is 59.7 Å². The van der Waals surface area contributed by atoms with Gasteiger partial charge in [-0.05, 0) is 61.3 Å². The third-order valence-corrected chi connectivity index (χ3v) is 5.23. The lowest BCUT2D eigenvalue weighted by molar-refractivity contribution is -0.130. The van der Waals surface area contributed by atoms with Crippen LogP contribution in [0.3, 0.4) is 0 Å². The van der Waals surface area contributed by atoms with Gasteiger partial charge in [-0.3, -0.25) is 19.5 Å². The minimum atomic E-state index is -1.03. The molecule has 2 aromatic carbocycles. The monoisotopic (exact) mass is 393 g/mol. The molecular formula is C22H23N3O2S. The molecule has 0 aliphatic carbocycles. The fourth-order valence-corrected chi connectivity index (χ4v) is 3.24. The fraction of sp³-hybridized carbons (Fsp3) is 0.273. The zero-order valence-electron chi connectivity index (χ0n) is 16.2. The summed E-state index contributed by atoms with van der Waals surface area (Å²) in [6.07, 6.45) is 2.45. The molecule has 6 heteroatoms. The lowest BCUT2D eigenvalue weighted by atomic mass is 9.99. The summed E-state index contributed by atoms with van der Waals surface area (Å²) < 4.78 is 0. The van der Waals surface area contributed by atoms with Gasteiger partial charge >= 0.3 is 0 Å². The quantitative estimate of drug-likeness (QED) is 0.469. The van der Waals surface area contributed by atoms with Crippen LogP contribution in [-0.2, 0) is 9.59 Å². The van der Waals surface area contributed by atoms with Crippen LogP contribution in [0.5, 0.6) is 0 Å². The first-order valence-electron chi connectivity index (χ1n) is 9.30. The van der Waals surface area contributed by atoms with Crippen molar-refractivity contribution in [2.24, 2.45) is 10.9 Å². The highest BCUT2D eigenvalue weighted by atomic mass is 32.1. The van der Waals surface area contributed by atoms with Gasteiger partial charge in [0.25, 0.3) is 5.91 Å². The van der Waals surface area contributed by atoms with Crippen molar-refractivity contribution in [3.8, 4) is 0 Å². The third-order valence-electron chi connectivity index (χ3n) is 4.94. The summed E-state index contributed by atoms with van der Waals surface area (Å²) in [6.45, 7) is 6.28. The van der Waals surface area contributed by atoms with E-state index in [0.717, 1.165) is 12.0 Å². The van der Waals surface area contributed by atoms with Crippen LogP contribution in [0.15, 0.2) is 53.5 Å². The third kappa shape index (κ3) is 4.17. The molecule has 3 rings (SSSR count). The summed E-state index contributed by atoms with van der Waals surface area (Å²) in [6, 6.07) is 15.2. The van der Waals surface area contributed by atoms with E-state index >= 15 is 0 Å². The zero-order valence-corrected chi connectivity index (χ0v) is 17.0. The number of aryl methyl sites for hydroxylation is 1. The highest BCUT2D eigenvalue weighted by Crippen LogP contribution is 2.23. The number of benzene rings is 2. The van der Waals surface area contributed by atoms with Gasteiger partial charge in [0.05, 0.1) is 11.4 Å². The number of aliphatic imine (C=N–C) groups is 1. The van der Waals surface area contributed by atoms with E-state index in [4.69, 9.17) is 12.2 Å². The largest absolute Gasteiger partial charge is 0.301 e. The average molecular weight is 394 g/mol. The summed E-state index contributed by atoms with van der Waals surface area (Å²) in [7, 11) is 0. The minimum absolute atomic E-state index is 0.0846. The number of carbonyl (C=O) groups excluding carboxylic acids is 2. The second kappa shape index (κ2) is 8.44. The molecule has 0 bridgehead atoms. The van der Waals surface area contributed by atoms with Gasteiger partial charge in [-0.25, -0.2) is 0 Å². The predicted octanol–water partition coefficient (Wildman–Crippen LogP) is 4.27. The van der Waals surface area contributed by atoms with Crippen LogP contribution < -0.4 is 10.2 Å². The van der Waals surface area contributed by atoms with E-state index in [0.29, 0.717) is 17.3 Å². The summed E-state index contributed by atoms with van der Waals surface area (Å²) in [5.74, 6) is -1.41. The number of anilines is 1. The highest BCUT2D eigenvalue weighted by molar-refractivity contribution is 7.80. The first kappa shape index (κ1) is 19.9.